The lowest BCUT2D eigenvalue weighted by molar-refractivity contribution is -0.112. The zero-order valence-corrected chi connectivity index (χ0v) is 7.11. The maximum Gasteiger partial charge on any atom is 0.152 e. The molecule has 0 saturated carbocycles. The van der Waals surface area contributed by atoms with Gasteiger partial charge in [-0.2, -0.15) is 0 Å². The molecule has 0 radical (unpaired) electrons. The number of allylic oxidation sites excluding steroid dienone is 2. The van der Waals surface area contributed by atoms with Crippen LogP contribution in [0.3, 0.4) is 0 Å². The first kappa shape index (κ1) is 9.41. The van der Waals surface area contributed by atoms with Gasteiger partial charge in [0.1, 0.15) is 0 Å². The van der Waals surface area contributed by atoms with Crippen molar-refractivity contribution in [3.8, 4) is 0 Å². The molecule has 0 spiro atoms. The van der Waals surface area contributed by atoms with Gasteiger partial charge < -0.3 is 0 Å². The van der Waals surface area contributed by atoms with Gasteiger partial charge in [0.05, 0.1) is 0 Å². The van der Waals surface area contributed by atoms with Gasteiger partial charge in [0, 0.05) is 0 Å². The number of rotatable bonds is 4. The van der Waals surface area contributed by atoms with Crippen LogP contribution in [0.25, 0.3) is 0 Å². The third-order valence-electron chi connectivity index (χ3n) is 1.37. The van der Waals surface area contributed by atoms with Crippen LogP contribution in [0.2, 0.25) is 0 Å². The van der Waals surface area contributed by atoms with Gasteiger partial charge in [0.15, 0.2) is 5.78 Å². The first-order valence-electron chi connectivity index (χ1n) is 3.84. The minimum absolute atomic E-state index is 0.161. The normalized spacial score (nSPS) is 11.7. The van der Waals surface area contributed by atoms with Crippen LogP contribution < -0.4 is 0 Å². The first-order valence-corrected chi connectivity index (χ1v) is 3.84. The molecule has 0 atom stereocenters. The van der Waals surface area contributed by atoms with Crippen molar-refractivity contribution in [2.75, 3.05) is 0 Å². The van der Waals surface area contributed by atoms with E-state index in [-0.39, 0.29) is 5.78 Å². The van der Waals surface area contributed by atoms with Crippen molar-refractivity contribution < 1.29 is 4.79 Å². The Hall–Kier alpha value is -0.590. The number of carbonyl (C=O) groups excluding carboxylic acids is 1. The van der Waals surface area contributed by atoms with Gasteiger partial charge in [-0.1, -0.05) is 18.9 Å². The fraction of sp³-hybridized carbons (Fsp3) is 0.667. The molecule has 1 nitrogen and oxygen atoms in total. The van der Waals surface area contributed by atoms with Crippen LogP contribution in [0.15, 0.2) is 11.6 Å². The quantitative estimate of drug-likeness (QED) is 0.549. The van der Waals surface area contributed by atoms with Crippen molar-refractivity contribution in [3.63, 3.8) is 0 Å². The number of hydrogen-bond donors (Lipinski definition) is 0. The Bertz CT molecular complexity index is 134. The molecule has 0 N–H and O–H groups in total. The second-order valence-electron chi connectivity index (χ2n) is 2.70. The molecular formula is C9H16O. The average Bonchev–Trinajstić information content (AvgIpc) is 1.82. The summed E-state index contributed by atoms with van der Waals surface area (Å²) in [7, 11) is 0. The van der Waals surface area contributed by atoms with Gasteiger partial charge in [0.25, 0.3) is 0 Å². The highest BCUT2D eigenvalue weighted by Gasteiger charge is 1.90. The fourth-order valence-corrected chi connectivity index (χ4v) is 0.875. The van der Waals surface area contributed by atoms with Crippen LogP contribution in [0.5, 0.6) is 0 Å². The van der Waals surface area contributed by atoms with E-state index in [1.54, 1.807) is 13.0 Å². The summed E-state index contributed by atoms with van der Waals surface area (Å²) in [5.74, 6) is 0.161. The molecule has 0 amide bonds. The molecule has 0 rings (SSSR count). The largest absolute Gasteiger partial charge is 0.295 e. The zero-order valence-electron chi connectivity index (χ0n) is 7.11. The van der Waals surface area contributed by atoms with Crippen LogP contribution >= 0.6 is 0 Å². The van der Waals surface area contributed by atoms with E-state index in [4.69, 9.17) is 0 Å². The van der Waals surface area contributed by atoms with Gasteiger partial charge in [0.2, 0.25) is 0 Å². The van der Waals surface area contributed by atoms with E-state index in [9.17, 15) is 4.79 Å². The number of ketones is 1. The highest BCUT2D eigenvalue weighted by atomic mass is 16.1. The molecule has 58 valence electrons. The summed E-state index contributed by atoms with van der Waals surface area (Å²) in [6.45, 7) is 5.76. The molecule has 0 aromatic heterocycles. The van der Waals surface area contributed by atoms with Crippen molar-refractivity contribution in [1.29, 1.82) is 0 Å². The Kier molecular flexibility index (Phi) is 4.91. The Morgan fingerprint density at radius 1 is 1.40 bits per heavy atom. The maximum absolute atomic E-state index is 10.5. The minimum atomic E-state index is 0.161. The molecule has 0 aromatic rings. The standard InChI is InChI=1S/C9H16O/c1-4-5-6-8(2)7-9(3)10/h7H,4-6H2,1-3H3/b8-7-. The highest BCUT2D eigenvalue weighted by Crippen LogP contribution is 2.05. The fourth-order valence-electron chi connectivity index (χ4n) is 0.875. The summed E-state index contributed by atoms with van der Waals surface area (Å²) in [6, 6.07) is 0. The molecule has 0 unspecified atom stereocenters. The third-order valence-corrected chi connectivity index (χ3v) is 1.37. The van der Waals surface area contributed by atoms with Crippen LogP contribution in [0.1, 0.15) is 40.0 Å². The summed E-state index contributed by atoms with van der Waals surface area (Å²) < 4.78 is 0. The topological polar surface area (TPSA) is 17.1 Å². The Morgan fingerprint density at radius 3 is 2.40 bits per heavy atom. The van der Waals surface area contributed by atoms with Gasteiger partial charge in [-0.25, -0.2) is 0 Å². The van der Waals surface area contributed by atoms with Crippen LogP contribution in [-0.2, 0) is 4.79 Å². The predicted molar refractivity (Wildman–Crippen MR) is 44.0 cm³/mol. The Labute approximate surface area is 63.1 Å². The van der Waals surface area contributed by atoms with E-state index in [1.807, 2.05) is 6.92 Å². The van der Waals surface area contributed by atoms with Crippen molar-refractivity contribution in [1.82, 2.24) is 0 Å². The SMILES string of the molecule is CCCC/C(C)=C\C(C)=O. The van der Waals surface area contributed by atoms with Crippen LogP contribution in [0.4, 0.5) is 0 Å². The molecule has 0 saturated heterocycles. The van der Waals surface area contributed by atoms with Gasteiger partial charge >= 0.3 is 0 Å². The molecule has 0 aliphatic rings. The molecule has 10 heavy (non-hydrogen) atoms. The van der Waals surface area contributed by atoms with Gasteiger partial charge in [-0.05, 0) is 32.8 Å². The predicted octanol–water partition coefficient (Wildman–Crippen LogP) is 2.71. The summed E-state index contributed by atoms with van der Waals surface area (Å²) in [6.07, 6.45) is 5.17. The summed E-state index contributed by atoms with van der Waals surface area (Å²) in [5, 5.41) is 0. The second-order valence-corrected chi connectivity index (χ2v) is 2.70. The lowest BCUT2D eigenvalue weighted by atomic mass is 10.1. The molecule has 0 aliphatic heterocycles. The second kappa shape index (κ2) is 5.21. The Morgan fingerprint density at radius 2 is 2.00 bits per heavy atom. The maximum atomic E-state index is 10.5. The minimum Gasteiger partial charge on any atom is -0.295 e. The molecule has 0 heterocycles. The van der Waals surface area contributed by atoms with Gasteiger partial charge in [-0.15, -0.1) is 0 Å². The van der Waals surface area contributed by atoms with Crippen molar-refractivity contribution >= 4 is 5.78 Å². The summed E-state index contributed by atoms with van der Waals surface area (Å²) in [5.41, 5.74) is 1.20. The van der Waals surface area contributed by atoms with E-state index < -0.39 is 0 Å². The first-order chi connectivity index (χ1) is 4.66. The van der Waals surface area contributed by atoms with Crippen molar-refractivity contribution in [3.05, 3.63) is 11.6 Å². The van der Waals surface area contributed by atoms with E-state index >= 15 is 0 Å². The lowest BCUT2D eigenvalue weighted by Gasteiger charge is -1.95. The highest BCUT2D eigenvalue weighted by molar-refractivity contribution is 5.87. The molecule has 0 aromatic carbocycles. The smallest absolute Gasteiger partial charge is 0.152 e. The summed E-state index contributed by atoms with van der Waals surface area (Å²) >= 11 is 0. The monoisotopic (exact) mass is 140 g/mol. The van der Waals surface area contributed by atoms with Crippen LogP contribution in [0, 0.1) is 0 Å². The van der Waals surface area contributed by atoms with Gasteiger partial charge in [-0.3, -0.25) is 4.79 Å². The van der Waals surface area contributed by atoms with E-state index in [0.717, 1.165) is 6.42 Å². The average molecular weight is 140 g/mol. The molecule has 0 bridgehead atoms. The van der Waals surface area contributed by atoms with Crippen LogP contribution in [-0.4, -0.2) is 5.78 Å². The van der Waals surface area contributed by atoms with E-state index in [2.05, 4.69) is 6.92 Å². The van der Waals surface area contributed by atoms with Crippen molar-refractivity contribution in [2.45, 2.75) is 40.0 Å². The third kappa shape index (κ3) is 5.54. The van der Waals surface area contributed by atoms with Crippen molar-refractivity contribution in [2.24, 2.45) is 0 Å². The van der Waals surface area contributed by atoms with E-state index in [0.29, 0.717) is 0 Å². The molecular weight excluding hydrogens is 124 g/mol. The zero-order chi connectivity index (χ0) is 7.98. The molecule has 0 aliphatic carbocycles. The Balaban J connectivity index is 3.60. The number of hydrogen-bond acceptors (Lipinski definition) is 1. The molecule has 1 heteroatoms. The molecule has 0 fully saturated rings. The lowest BCUT2D eigenvalue weighted by Crippen LogP contribution is -1.85. The summed E-state index contributed by atoms with van der Waals surface area (Å²) in [4.78, 5) is 10.5. The number of unbranched alkanes of at least 4 members (excludes halogenated alkanes) is 1. The number of carbonyl (C=O) groups is 1. The van der Waals surface area contributed by atoms with E-state index in [1.165, 1.54) is 18.4 Å².